The highest BCUT2D eigenvalue weighted by Crippen LogP contribution is 2.38. The molecule has 0 spiro atoms. The van der Waals surface area contributed by atoms with Crippen LogP contribution in [0, 0.1) is 20.8 Å². The minimum absolute atomic E-state index is 0.245. The van der Waals surface area contributed by atoms with Crippen LogP contribution in [-0.2, 0) is 6.54 Å². The molecule has 0 atom stereocenters. The summed E-state index contributed by atoms with van der Waals surface area (Å²) in [5, 5.41) is 15.9. The number of hydrogen-bond acceptors (Lipinski definition) is 9. The lowest BCUT2D eigenvalue weighted by molar-refractivity contribution is 0.102. The SMILES string of the molecule is Cc1ccnc(C(=O)Nc2ccc(C)c(-c3cc4cnc(=Nc5nnc(C)s5)nc-4n4c3NCC4)c2)c1. The van der Waals surface area contributed by atoms with Crippen molar-refractivity contribution in [1.82, 2.24) is 29.7 Å². The molecule has 37 heavy (non-hydrogen) atoms. The number of fused-ring (bicyclic) bond motifs is 3. The van der Waals surface area contributed by atoms with Crippen LogP contribution in [0.1, 0.15) is 26.6 Å². The lowest BCUT2D eigenvalue weighted by Gasteiger charge is -2.18. The number of nitrogens with one attached hydrogen (secondary N) is 2. The number of carbonyl (C=O) groups is 1. The Morgan fingerprint density at radius 3 is 2.78 bits per heavy atom. The van der Waals surface area contributed by atoms with Crippen LogP contribution in [0.2, 0.25) is 0 Å². The first-order chi connectivity index (χ1) is 17.9. The Kier molecular flexibility index (Phi) is 5.68. The maximum absolute atomic E-state index is 12.8. The molecule has 5 heterocycles. The summed E-state index contributed by atoms with van der Waals surface area (Å²) in [4.78, 5) is 30.6. The number of nitrogens with zero attached hydrogens (tertiary/aromatic N) is 7. The zero-order valence-electron chi connectivity index (χ0n) is 20.5. The van der Waals surface area contributed by atoms with Gasteiger partial charge in [-0.05, 0) is 67.8 Å². The van der Waals surface area contributed by atoms with E-state index in [2.05, 4.69) is 53.3 Å². The highest BCUT2D eigenvalue weighted by atomic mass is 32.1. The zero-order valence-corrected chi connectivity index (χ0v) is 21.3. The molecule has 184 valence electrons. The van der Waals surface area contributed by atoms with Crippen molar-refractivity contribution in [3.05, 3.63) is 76.2 Å². The van der Waals surface area contributed by atoms with Crippen molar-refractivity contribution in [3.63, 3.8) is 0 Å². The van der Waals surface area contributed by atoms with Crippen molar-refractivity contribution in [3.8, 4) is 22.5 Å². The van der Waals surface area contributed by atoms with E-state index >= 15 is 0 Å². The minimum Gasteiger partial charge on any atom is -0.369 e. The summed E-state index contributed by atoms with van der Waals surface area (Å²) in [5.41, 5.74) is 6.42. The molecule has 1 aromatic carbocycles. The van der Waals surface area contributed by atoms with Gasteiger partial charge in [-0.1, -0.05) is 17.4 Å². The largest absolute Gasteiger partial charge is 0.369 e. The average Bonchev–Trinajstić information content (AvgIpc) is 3.54. The van der Waals surface area contributed by atoms with Gasteiger partial charge < -0.3 is 15.2 Å². The predicted molar refractivity (Wildman–Crippen MR) is 142 cm³/mol. The molecule has 0 aliphatic carbocycles. The van der Waals surface area contributed by atoms with Crippen LogP contribution in [0.5, 0.6) is 0 Å². The van der Waals surface area contributed by atoms with E-state index in [1.165, 1.54) is 11.3 Å². The lowest BCUT2D eigenvalue weighted by atomic mass is 9.98. The van der Waals surface area contributed by atoms with Gasteiger partial charge in [0, 0.05) is 42.3 Å². The van der Waals surface area contributed by atoms with Crippen molar-refractivity contribution in [1.29, 1.82) is 0 Å². The Balaban J connectivity index is 1.41. The van der Waals surface area contributed by atoms with Gasteiger partial charge in [0.2, 0.25) is 5.13 Å². The summed E-state index contributed by atoms with van der Waals surface area (Å²) in [6.45, 7) is 7.43. The Morgan fingerprint density at radius 1 is 1.08 bits per heavy atom. The Labute approximate surface area is 216 Å². The number of pyridine rings is 2. The molecule has 1 amide bonds. The van der Waals surface area contributed by atoms with Gasteiger partial charge in [0.05, 0.1) is 0 Å². The molecule has 0 unspecified atom stereocenters. The molecular formula is C26H23N9OS. The van der Waals surface area contributed by atoms with E-state index in [9.17, 15) is 4.79 Å². The summed E-state index contributed by atoms with van der Waals surface area (Å²) in [7, 11) is 0. The van der Waals surface area contributed by atoms with E-state index < -0.39 is 0 Å². The fourth-order valence-electron chi connectivity index (χ4n) is 4.38. The van der Waals surface area contributed by atoms with Crippen molar-refractivity contribution in [2.45, 2.75) is 27.3 Å². The van der Waals surface area contributed by atoms with Gasteiger partial charge in [0.25, 0.3) is 11.5 Å². The van der Waals surface area contributed by atoms with Crippen LogP contribution < -0.4 is 16.3 Å². The van der Waals surface area contributed by atoms with Crippen molar-refractivity contribution in [2.24, 2.45) is 4.99 Å². The van der Waals surface area contributed by atoms with Gasteiger partial charge in [-0.2, -0.15) is 9.98 Å². The first-order valence-corrected chi connectivity index (χ1v) is 12.6. The predicted octanol–water partition coefficient (Wildman–Crippen LogP) is 4.13. The maximum Gasteiger partial charge on any atom is 0.274 e. The van der Waals surface area contributed by atoms with E-state index in [0.717, 1.165) is 57.6 Å². The Hall–Kier alpha value is -4.51. The summed E-state index contributed by atoms with van der Waals surface area (Å²) in [6.07, 6.45) is 3.43. The molecule has 0 saturated heterocycles. The van der Waals surface area contributed by atoms with Crippen LogP contribution in [0.25, 0.3) is 22.5 Å². The van der Waals surface area contributed by atoms with Crippen molar-refractivity contribution in [2.75, 3.05) is 17.2 Å². The third-order valence-corrected chi connectivity index (χ3v) is 6.87. The monoisotopic (exact) mass is 509 g/mol. The first kappa shape index (κ1) is 22.9. The number of hydrogen-bond donors (Lipinski definition) is 2. The maximum atomic E-state index is 12.8. The Bertz CT molecular complexity index is 1700. The molecular weight excluding hydrogens is 486 g/mol. The third kappa shape index (κ3) is 4.45. The van der Waals surface area contributed by atoms with Crippen LogP contribution in [-0.4, -0.2) is 42.2 Å². The molecule has 3 aromatic rings. The second-order valence-corrected chi connectivity index (χ2v) is 10.0. The number of aromatic nitrogens is 6. The standard InChI is InChI=1S/C26H23N9OS/c1-14-6-7-27-21(10-14)24(36)30-18-5-4-15(2)19(12-18)20-11-17-13-29-25(32-26-34-33-16(3)37-26)31-22(17)35-9-8-28-23(20)35/h4-7,10-13,28H,8-9H2,1-3H3,(H,30,36). The van der Waals surface area contributed by atoms with Gasteiger partial charge in [-0.3, -0.25) is 9.78 Å². The molecule has 2 N–H and O–H groups in total. The van der Waals surface area contributed by atoms with Crippen molar-refractivity contribution >= 4 is 33.9 Å². The van der Waals surface area contributed by atoms with Gasteiger partial charge in [-0.25, -0.2) is 4.98 Å². The summed E-state index contributed by atoms with van der Waals surface area (Å²) >= 11 is 1.40. The fraction of sp³-hybridized carbons (Fsp3) is 0.192. The van der Waals surface area contributed by atoms with Crippen LogP contribution in [0.15, 0.2) is 53.8 Å². The van der Waals surface area contributed by atoms with Crippen LogP contribution >= 0.6 is 11.3 Å². The lowest BCUT2D eigenvalue weighted by Crippen LogP contribution is -2.17. The molecule has 2 aromatic heterocycles. The topological polar surface area (TPSA) is 123 Å². The zero-order chi connectivity index (χ0) is 25.5. The number of anilines is 2. The van der Waals surface area contributed by atoms with Gasteiger partial charge in [0.15, 0.2) is 0 Å². The van der Waals surface area contributed by atoms with Gasteiger partial charge in [-0.15, -0.1) is 10.2 Å². The fourth-order valence-corrected chi connectivity index (χ4v) is 4.94. The van der Waals surface area contributed by atoms with E-state index in [4.69, 9.17) is 4.98 Å². The smallest absolute Gasteiger partial charge is 0.274 e. The summed E-state index contributed by atoms with van der Waals surface area (Å²) in [6, 6.07) is 11.6. The van der Waals surface area contributed by atoms with Crippen LogP contribution in [0.4, 0.5) is 16.6 Å². The quantitative estimate of drug-likeness (QED) is 0.373. The molecule has 3 aliphatic heterocycles. The molecule has 0 saturated carbocycles. The number of aryl methyl sites for hydroxylation is 3. The number of carbonyl (C=O) groups excluding carboxylic acids is 1. The molecule has 3 aliphatic rings. The van der Waals surface area contributed by atoms with E-state index in [1.54, 1.807) is 18.5 Å². The van der Waals surface area contributed by atoms with E-state index in [-0.39, 0.29) is 5.91 Å². The normalized spacial score (nSPS) is 13.0. The van der Waals surface area contributed by atoms with Gasteiger partial charge in [0.1, 0.15) is 22.3 Å². The second kappa shape index (κ2) is 9.17. The highest BCUT2D eigenvalue weighted by Gasteiger charge is 2.23. The molecule has 0 radical (unpaired) electrons. The molecule has 10 nitrogen and oxygen atoms in total. The summed E-state index contributed by atoms with van der Waals surface area (Å²) in [5.74, 6) is 1.52. The number of amides is 1. The molecule has 0 bridgehead atoms. The highest BCUT2D eigenvalue weighted by molar-refractivity contribution is 7.14. The first-order valence-electron chi connectivity index (χ1n) is 11.8. The summed E-state index contributed by atoms with van der Waals surface area (Å²) < 4.78 is 2.15. The third-order valence-electron chi connectivity index (χ3n) is 6.14. The number of benzene rings is 1. The van der Waals surface area contributed by atoms with Crippen molar-refractivity contribution < 1.29 is 4.79 Å². The molecule has 6 rings (SSSR count). The van der Waals surface area contributed by atoms with Gasteiger partial charge >= 0.3 is 0 Å². The van der Waals surface area contributed by atoms with Crippen LogP contribution in [0.3, 0.4) is 0 Å². The minimum atomic E-state index is -0.245. The molecule has 0 fully saturated rings. The van der Waals surface area contributed by atoms with E-state index in [1.807, 2.05) is 38.1 Å². The second-order valence-electron chi connectivity index (χ2n) is 8.85. The molecule has 11 heteroatoms. The average molecular weight is 510 g/mol. The number of rotatable bonds is 4. The Morgan fingerprint density at radius 2 is 1.97 bits per heavy atom. The van der Waals surface area contributed by atoms with E-state index in [0.29, 0.717) is 22.1 Å².